The van der Waals surface area contributed by atoms with Gasteiger partial charge in [0.2, 0.25) is 5.91 Å². The molecule has 0 atom stereocenters. The molecule has 3 rings (SSSR count). The number of hydrogen-bond donors (Lipinski definition) is 2. The van der Waals surface area contributed by atoms with Gasteiger partial charge in [-0.2, -0.15) is 0 Å². The lowest BCUT2D eigenvalue weighted by Gasteiger charge is -2.09. The number of nitrogens with one attached hydrogen (secondary N) is 2. The number of halogens is 1. The number of aromatic amines is 1. The summed E-state index contributed by atoms with van der Waals surface area (Å²) in [4.78, 5) is 15.3. The van der Waals surface area contributed by atoms with Crippen LogP contribution in [0.3, 0.4) is 0 Å². The van der Waals surface area contributed by atoms with E-state index in [4.69, 9.17) is 4.74 Å². The number of carbonyl (C=O) groups is 1. The number of amides is 1. The predicted octanol–water partition coefficient (Wildman–Crippen LogP) is 3.22. The van der Waals surface area contributed by atoms with Crippen molar-refractivity contribution in [1.82, 2.24) is 10.3 Å². The minimum atomic E-state index is -0.309. The third-order valence-electron chi connectivity index (χ3n) is 3.98. The molecular weight excluding hydrogens is 307 g/mol. The topological polar surface area (TPSA) is 54.1 Å². The minimum Gasteiger partial charge on any atom is -0.496 e. The van der Waals surface area contributed by atoms with E-state index in [1.165, 1.54) is 12.1 Å². The summed E-state index contributed by atoms with van der Waals surface area (Å²) >= 11 is 0. The first-order valence-electron chi connectivity index (χ1n) is 7.81. The monoisotopic (exact) mass is 326 g/mol. The number of fused-ring (bicyclic) bond motifs is 1. The Labute approximate surface area is 139 Å². The van der Waals surface area contributed by atoms with Crippen molar-refractivity contribution in [3.8, 4) is 5.75 Å². The molecule has 3 aromatic rings. The zero-order chi connectivity index (χ0) is 16.9. The fourth-order valence-electron chi connectivity index (χ4n) is 2.79. The van der Waals surface area contributed by atoms with Gasteiger partial charge in [-0.15, -0.1) is 0 Å². The maximum Gasteiger partial charge on any atom is 0.224 e. The molecule has 24 heavy (non-hydrogen) atoms. The van der Waals surface area contributed by atoms with Gasteiger partial charge in [0, 0.05) is 23.6 Å². The molecule has 2 N–H and O–H groups in total. The summed E-state index contributed by atoms with van der Waals surface area (Å²) in [6.07, 6.45) is 2.69. The maximum atomic E-state index is 13.3. The second-order valence-electron chi connectivity index (χ2n) is 5.59. The molecule has 0 aliphatic heterocycles. The van der Waals surface area contributed by atoms with Crippen LogP contribution >= 0.6 is 0 Å². The molecule has 1 heterocycles. The number of para-hydroxylation sites is 1. The highest BCUT2D eigenvalue weighted by Crippen LogP contribution is 2.20. The van der Waals surface area contributed by atoms with Gasteiger partial charge in [-0.3, -0.25) is 4.79 Å². The van der Waals surface area contributed by atoms with E-state index in [1.54, 1.807) is 13.2 Å². The molecule has 0 aliphatic carbocycles. The molecule has 2 aromatic carbocycles. The molecule has 0 unspecified atom stereocenters. The van der Waals surface area contributed by atoms with Crippen LogP contribution in [-0.2, 0) is 17.6 Å². The highest BCUT2D eigenvalue weighted by Gasteiger charge is 2.09. The van der Waals surface area contributed by atoms with Gasteiger partial charge in [0.25, 0.3) is 0 Å². The van der Waals surface area contributed by atoms with E-state index in [0.717, 1.165) is 22.0 Å². The first-order chi connectivity index (χ1) is 11.7. The molecule has 124 valence electrons. The normalized spacial score (nSPS) is 10.8. The van der Waals surface area contributed by atoms with Crippen LogP contribution in [0.15, 0.2) is 48.7 Å². The van der Waals surface area contributed by atoms with Crippen LogP contribution in [0.25, 0.3) is 10.9 Å². The quantitative estimate of drug-likeness (QED) is 0.731. The second-order valence-corrected chi connectivity index (χ2v) is 5.59. The Morgan fingerprint density at radius 2 is 2.04 bits per heavy atom. The summed E-state index contributed by atoms with van der Waals surface area (Å²) in [5.74, 6) is 0.258. The number of hydrogen-bond acceptors (Lipinski definition) is 2. The van der Waals surface area contributed by atoms with Crippen molar-refractivity contribution in [1.29, 1.82) is 0 Å². The molecule has 1 amide bonds. The van der Waals surface area contributed by atoms with E-state index in [0.29, 0.717) is 25.1 Å². The predicted molar refractivity (Wildman–Crippen MR) is 91.7 cm³/mol. The van der Waals surface area contributed by atoms with Gasteiger partial charge in [0.05, 0.1) is 13.5 Å². The Bertz CT molecular complexity index is 857. The number of ether oxygens (including phenoxy) is 1. The van der Waals surface area contributed by atoms with Crippen LogP contribution < -0.4 is 10.1 Å². The van der Waals surface area contributed by atoms with Crippen LogP contribution in [-0.4, -0.2) is 24.5 Å². The molecule has 0 spiro atoms. The third kappa shape index (κ3) is 3.56. The molecule has 5 heteroatoms. The largest absolute Gasteiger partial charge is 0.496 e. The number of methoxy groups -OCH3 is 1. The average Bonchev–Trinajstić information content (AvgIpc) is 2.98. The van der Waals surface area contributed by atoms with Crippen LogP contribution in [0.1, 0.15) is 11.1 Å². The molecule has 4 nitrogen and oxygen atoms in total. The van der Waals surface area contributed by atoms with Gasteiger partial charge in [-0.25, -0.2) is 4.39 Å². The van der Waals surface area contributed by atoms with Crippen molar-refractivity contribution in [3.63, 3.8) is 0 Å². The van der Waals surface area contributed by atoms with Crippen molar-refractivity contribution in [3.05, 3.63) is 65.6 Å². The lowest BCUT2D eigenvalue weighted by molar-refractivity contribution is -0.120. The molecule has 0 fully saturated rings. The zero-order valence-corrected chi connectivity index (χ0v) is 13.4. The van der Waals surface area contributed by atoms with Crippen molar-refractivity contribution in [2.75, 3.05) is 13.7 Å². The van der Waals surface area contributed by atoms with Crippen molar-refractivity contribution >= 4 is 16.8 Å². The smallest absolute Gasteiger partial charge is 0.224 e. The first-order valence-corrected chi connectivity index (χ1v) is 7.81. The van der Waals surface area contributed by atoms with Crippen LogP contribution in [0.2, 0.25) is 0 Å². The van der Waals surface area contributed by atoms with Crippen LogP contribution in [0.5, 0.6) is 5.75 Å². The fourth-order valence-corrected chi connectivity index (χ4v) is 2.79. The number of aromatic nitrogens is 1. The van der Waals surface area contributed by atoms with E-state index in [1.807, 2.05) is 30.5 Å². The zero-order valence-electron chi connectivity index (χ0n) is 13.4. The fraction of sp³-hybridized carbons (Fsp3) is 0.211. The Morgan fingerprint density at radius 1 is 1.21 bits per heavy atom. The Balaban J connectivity index is 1.57. The number of benzene rings is 2. The van der Waals surface area contributed by atoms with E-state index in [-0.39, 0.29) is 11.7 Å². The van der Waals surface area contributed by atoms with Gasteiger partial charge in [0.1, 0.15) is 11.6 Å². The lowest BCUT2D eigenvalue weighted by atomic mass is 10.1. The molecule has 0 saturated carbocycles. The summed E-state index contributed by atoms with van der Waals surface area (Å²) in [6, 6.07) is 12.3. The summed E-state index contributed by atoms with van der Waals surface area (Å²) in [5.41, 5.74) is 2.72. The van der Waals surface area contributed by atoms with E-state index in [9.17, 15) is 9.18 Å². The van der Waals surface area contributed by atoms with Crippen LogP contribution in [0, 0.1) is 5.82 Å². The summed E-state index contributed by atoms with van der Waals surface area (Å²) < 4.78 is 18.5. The molecule has 1 aromatic heterocycles. The third-order valence-corrected chi connectivity index (χ3v) is 3.98. The van der Waals surface area contributed by atoms with Gasteiger partial charge >= 0.3 is 0 Å². The van der Waals surface area contributed by atoms with E-state index in [2.05, 4.69) is 10.3 Å². The minimum absolute atomic E-state index is 0.0601. The summed E-state index contributed by atoms with van der Waals surface area (Å²) in [5, 5.41) is 3.93. The van der Waals surface area contributed by atoms with E-state index < -0.39 is 0 Å². The Hall–Kier alpha value is -2.82. The van der Waals surface area contributed by atoms with Crippen molar-refractivity contribution in [2.24, 2.45) is 0 Å². The molecule has 0 aliphatic rings. The summed E-state index contributed by atoms with van der Waals surface area (Å²) in [7, 11) is 1.55. The van der Waals surface area contributed by atoms with E-state index >= 15 is 0 Å². The molecule has 0 saturated heterocycles. The van der Waals surface area contributed by atoms with Gasteiger partial charge in [-0.1, -0.05) is 18.2 Å². The summed E-state index contributed by atoms with van der Waals surface area (Å²) in [6.45, 7) is 0.432. The Morgan fingerprint density at radius 3 is 2.88 bits per heavy atom. The SMILES string of the molecule is COc1ccc(F)cc1CCNC(=O)Cc1c[nH]c2ccccc12. The average molecular weight is 326 g/mol. The first kappa shape index (κ1) is 16.1. The molecular formula is C19H19FN2O2. The van der Waals surface area contributed by atoms with Crippen molar-refractivity contribution in [2.45, 2.75) is 12.8 Å². The standard InChI is InChI=1S/C19H19FN2O2/c1-24-18-7-6-15(20)10-13(18)8-9-21-19(23)11-14-12-22-17-5-3-2-4-16(14)17/h2-7,10,12,22H,8-9,11H2,1H3,(H,21,23). The number of H-pyrrole nitrogens is 1. The Kier molecular flexibility index (Phi) is 4.79. The highest BCUT2D eigenvalue weighted by molar-refractivity contribution is 5.88. The highest BCUT2D eigenvalue weighted by atomic mass is 19.1. The molecule has 0 bridgehead atoms. The maximum absolute atomic E-state index is 13.3. The van der Waals surface area contributed by atoms with Gasteiger partial charge in [-0.05, 0) is 41.8 Å². The number of rotatable bonds is 6. The van der Waals surface area contributed by atoms with Crippen molar-refractivity contribution < 1.29 is 13.9 Å². The lowest BCUT2D eigenvalue weighted by Crippen LogP contribution is -2.27. The molecule has 0 radical (unpaired) electrons. The van der Waals surface area contributed by atoms with Gasteiger partial charge in [0.15, 0.2) is 0 Å². The number of carbonyl (C=O) groups excluding carboxylic acids is 1. The van der Waals surface area contributed by atoms with Gasteiger partial charge < -0.3 is 15.0 Å². The second kappa shape index (κ2) is 7.17. The van der Waals surface area contributed by atoms with Crippen LogP contribution in [0.4, 0.5) is 4.39 Å².